The molecule has 0 aliphatic carbocycles. The van der Waals surface area contributed by atoms with Crippen LogP contribution < -0.4 is 10.7 Å². The van der Waals surface area contributed by atoms with Crippen LogP contribution in [-0.4, -0.2) is 5.91 Å². The Morgan fingerprint density at radius 2 is 1.91 bits per heavy atom. The van der Waals surface area contributed by atoms with E-state index >= 15 is 0 Å². The van der Waals surface area contributed by atoms with E-state index in [4.69, 9.17) is 16.0 Å². The third-order valence-corrected chi connectivity index (χ3v) is 3.44. The molecule has 0 unspecified atom stereocenters. The van der Waals surface area contributed by atoms with Gasteiger partial charge < -0.3 is 9.73 Å². The summed E-state index contributed by atoms with van der Waals surface area (Å²) < 4.78 is 5.48. The summed E-state index contributed by atoms with van der Waals surface area (Å²) in [5.74, 6) is -0.450. The molecule has 1 heterocycles. The molecule has 3 rings (SSSR count). The molecule has 3 aromatic rings. The van der Waals surface area contributed by atoms with Crippen LogP contribution in [0.25, 0.3) is 11.0 Å². The average Bonchev–Trinajstić information content (AvgIpc) is 2.52. The number of para-hydroxylation sites is 1. The number of nitrogens with one attached hydrogen (secondary N) is 1. The summed E-state index contributed by atoms with van der Waals surface area (Å²) in [6, 6.07) is 15.2. The zero-order chi connectivity index (χ0) is 15.5. The molecular weight excluding hydrogens is 302 g/mol. The van der Waals surface area contributed by atoms with Gasteiger partial charge in [-0.05, 0) is 29.8 Å². The van der Waals surface area contributed by atoms with Gasteiger partial charge in [-0.25, -0.2) is 0 Å². The van der Waals surface area contributed by atoms with Crippen LogP contribution in [0.3, 0.4) is 0 Å². The molecule has 5 heteroatoms. The highest BCUT2D eigenvalue weighted by Gasteiger charge is 2.11. The Bertz CT molecular complexity index is 902. The molecule has 0 saturated heterocycles. The monoisotopic (exact) mass is 313 g/mol. The Balaban J connectivity index is 1.82. The summed E-state index contributed by atoms with van der Waals surface area (Å²) >= 11 is 5.89. The van der Waals surface area contributed by atoms with Crippen LogP contribution in [0.5, 0.6) is 0 Å². The number of hydrogen-bond donors (Lipinski definition) is 1. The number of fused-ring (bicyclic) bond motifs is 1. The lowest BCUT2D eigenvalue weighted by molar-refractivity contribution is 0.0923. The van der Waals surface area contributed by atoms with Gasteiger partial charge in [-0.1, -0.05) is 35.9 Å². The van der Waals surface area contributed by atoms with Gasteiger partial charge in [0.2, 0.25) is 0 Å². The quantitative estimate of drug-likeness (QED) is 0.806. The van der Waals surface area contributed by atoms with Gasteiger partial charge in [0.1, 0.15) is 5.58 Å². The summed E-state index contributed by atoms with van der Waals surface area (Å²) in [7, 11) is 0. The maximum absolute atomic E-state index is 12.1. The topological polar surface area (TPSA) is 59.3 Å². The van der Waals surface area contributed by atoms with E-state index in [1.165, 1.54) is 6.07 Å². The predicted molar refractivity (Wildman–Crippen MR) is 85.1 cm³/mol. The molecule has 1 amide bonds. The molecule has 2 aromatic carbocycles. The molecule has 0 radical (unpaired) electrons. The lowest BCUT2D eigenvalue weighted by Crippen LogP contribution is -2.24. The zero-order valence-corrected chi connectivity index (χ0v) is 12.3. The minimum Gasteiger partial charge on any atom is -0.451 e. The van der Waals surface area contributed by atoms with Gasteiger partial charge in [0, 0.05) is 17.6 Å². The maximum Gasteiger partial charge on any atom is 0.287 e. The lowest BCUT2D eigenvalue weighted by atomic mass is 10.2. The number of carbonyl (C=O) groups excluding carboxylic acids is 1. The van der Waals surface area contributed by atoms with Crippen molar-refractivity contribution in [3.63, 3.8) is 0 Å². The van der Waals surface area contributed by atoms with Gasteiger partial charge in [-0.2, -0.15) is 0 Å². The molecule has 0 fully saturated rings. The second-order valence-corrected chi connectivity index (χ2v) is 5.22. The van der Waals surface area contributed by atoms with Crippen LogP contribution in [0.1, 0.15) is 16.1 Å². The largest absolute Gasteiger partial charge is 0.451 e. The van der Waals surface area contributed by atoms with Crippen molar-refractivity contribution in [1.29, 1.82) is 0 Å². The van der Waals surface area contributed by atoms with Gasteiger partial charge in [-0.15, -0.1) is 0 Å². The molecule has 4 nitrogen and oxygen atoms in total. The third kappa shape index (κ3) is 3.02. The zero-order valence-electron chi connectivity index (χ0n) is 11.5. The van der Waals surface area contributed by atoms with Crippen LogP contribution >= 0.6 is 11.6 Å². The van der Waals surface area contributed by atoms with Crippen molar-refractivity contribution in [2.45, 2.75) is 6.54 Å². The molecule has 110 valence electrons. The number of benzene rings is 2. The van der Waals surface area contributed by atoms with Crippen LogP contribution in [0.2, 0.25) is 5.02 Å². The fraction of sp³-hybridized carbons (Fsp3) is 0.0588. The van der Waals surface area contributed by atoms with Crippen LogP contribution in [-0.2, 0) is 6.54 Å². The molecule has 1 aromatic heterocycles. The molecular formula is C17H12ClNO3. The molecule has 0 aliphatic heterocycles. The standard InChI is InChI=1S/C17H12ClNO3/c18-12-5-3-4-11(8-12)10-19-17(21)16-9-14(20)13-6-1-2-7-15(13)22-16/h1-9H,10H2,(H,19,21). The fourth-order valence-electron chi connectivity index (χ4n) is 2.13. The first-order valence-electron chi connectivity index (χ1n) is 6.69. The molecule has 1 N–H and O–H groups in total. The SMILES string of the molecule is O=C(NCc1cccc(Cl)c1)c1cc(=O)c2ccccc2o1. The summed E-state index contributed by atoms with van der Waals surface area (Å²) in [6.07, 6.45) is 0. The van der Waals surface area contributed by atoms with E-state index in [2.05, 4.69) is 5.32 Å². The summed E-state index contributed by atoms with van der Waals surface area (Å²) in [5.41, 5.74) is 1.02. The molecule has 0 aliphatic rings. The Labute approximate surface area is 131 Å². The first kappa shape index (κ1) is 14.4. The van der Waals surface area contributed by atoms with Crippen molar-refractivity contribution in [1.82, 2.24) is 5.32 Å². The minimum absolute atomic E-state index is 0.00859. The van der Waals surface area contributed by atoms with E-state index in [-0.39, 0.29) is 11.2 Å². The molecule has 0 bridgehead atoms. The van der Waals surface area contributed by atoms with E-state index in [1.807, 2.05) is 6.07 Å². The van der Waals surface area contributed by atoms with Gasteiger partial charge in [0.15, 0.2) is 11.2 Å². The highest BCUT2D eigenvalue weighted by Crippen LogP contribution is 2.13. The first-order chi connectivity index (χ1) is 10.6. The van der Waals surface area contributed by atoms with Crippen molar-refractivity contribution in [3.8, 4) is 0 Å². The number of halogens is 1. The van der Waals surface area contributed by atoms with E-state index in [1.54, 1.807) is 42.5 Å². The van der Waals surface area contributed by atoms with Crippen molar-refractivity contribution in [2.24, 2.45) is 0 Å². The molecule has 22 heavy (non-hydrogen) atoms. The molecule has 0 atom stereocenters. The molecule has 0 spiro atoms. The van der Waals surface area contributed by atoms with Crippen LogP contribution in [0, 0.1) is 0 Å². The number of rotatable bonds is 3. The summed E-state index contributed by atoms with van der Waals surface area (Å²) in [6.45, 7) is 0.302. The average molecular weight is 314 g/mol. The van der Waals surface area contributed by atoms with Crippen molar-refractivity contribution in [2.75, 3.05) is 0 Å². The van der Waals surface area contributed by atoms with Crippen molar-refractivity contribution >= 4 is 28.5 Å². The number of carbonyl (C=O) groups is 1. The van der Waals surface area contributed by atoms with Crippen molar-refractivity contribution < 1.29 is 9.21 Å². The predicted octanol–water partition coefficient (Wildman–Crippen LogP) is 3.38. The van der Waals surface area contributed by atoms with Gasteiger partial charge >= 0.3 is 0 Å². The first-order valence-corrected chi connectivity index (χ1v) is 7.07. The van der Waals surface area contributed by atoms with E-state index < -0.39 is 5.91 Å². The Hall–Kier alpha value is -2.59. The Morgan fingerprint density at radius 1 is 1.09 bits per heavy atom. The van der Waals surface area contributed by atoms with Crippen LogP contribution in [0.4, 0.5) is 0 Å². The second kappa shape index (κ2) is 6.03. The summed E-state index contributed by atoms with van der Waals surface area (Å²) in [4.78, 5) is 24.1. The Kier molecular flexibility index (Phi) is 3.94. The van der Waals surface area contributed by atoms with Crippen LogP contribution in [0.15, 0.2) is 63.8 Å². The highest BCUT2D eigenvalue weighted by atomic mass is 35.5. The normalized spacial score (nSPS) is 10.6. The fourth-order valence-corrected chi connectivity index (χ4v) is 2.35. The van der Waals surface area contributed by atoms with E-state index in [9.17, 15) is 9.59 Å². The maximum atomic E-state index is 12.1. The Morgan fingerprint density at radius 3 is 2.73 bits per heavy atom. The number of amides is 1. The van der Waals surface area contributed by atoms with E-state index in [0.717, 1.165) is 5.56 Å². The minimum atomic E-state index is -0.442. The smallest absolute Gasteiger partial charge is 0.287 e. The van der Waals surface area contributed by atoms with Crippen molar-refractivity contribution in [3.05, 3.63) is 81.2 Å². The summed E-state index contributed by atoms with van der Waals surface area (Å²) in [5, 5.41) is 3.76. The highest BCUT2D eigenvalue weighted by molar-refractivity contribution is 6.30. The molecule has 0 saturated carbocycles. The van der Waals surface area contributed by atoms with E-state index in [0.29, 0.717) is 22.5 Å². The van der Waals surface area contributed by atoms with Gasteiger partial charge in [0.25, 0.3) is 5.91 Å². The van der Waals surface area contributed by atoms with Gasteiger partial charge in [-0.3, -0.25) is 9.59 Å². The number of hydrogen-bond acceptors (Lipinski definition) is 3. The lowest BCUT2D eigenvalue weighted by Gasteiger charge is -2.06. The van der Waals surface area contributed by atoms with Gasteiger partial charge in [0.05, 0.1) is 5.39 Å². The second-order valence-electron chi connectivity index (χ2n) is 4.78. The third-order valence-electron chi connectivity index (χ3n) is 3.20.